The normalized spacial score (nSPS) is 10.6. The Kier molecular flexibility index (Phi) is 4.68. The van der Waals surface area contributed by atoms with Crippen LogP contribution < -0.4 is 10.1 Å². The first-order chi connectivity index (χ1) is 13.6. The van der Waals surface area contributed by atoms with Gasteiger partial charge in [0.25, 0.3) is 5.91 Å². The lowest BCUT2D eigenvalue weighted by atomic mass is 10.1. The van der Waals surface area contributed by atoms with Gasteiger partial charge in [-0.2, -0.15) is 0 Å². The number of nitrogens with one attached hydrogen (secondary N) is 1. The van der Waals surface area contributed by atoms with Gasteiger partial charge in [-0.05, 0) is 43.7 Å². The number of para-hydroxylation sites is 2. The van der Waals surface area contributed by atoms with Gasteiger partial charge in [-0.25, -0.2) is 9.97 Å². The summed E-state index contributed by atoms with van der Waals surface area (Å²) >= 11 is 0. The number of hydrogen-bond acceptors (Lipinski definition) is 5. The first-order valence-corrected chi connectivity index (χ1v) is 8.83. The standard InChI is InChI=1S/C22H18N4O2/c1-14-7-9-20(15(2)11-14)28-21-10-8-16(12-24-21)25-22(27)19-13-23-17-5-3-4-6-18(17)26-19/h3-13H,1-2H3,(H,25,27). The predicted octanol–water partition coefficient (Wildman–Crippen LogP) is 4.69. The summed E-state index contributed by atoms with van der Waals surface area (Å²) in [5, 5.41) is 2.77. The second-order valence-corrected chi connectivity index (χ2v) is 6.45. The van der Waals surface area contributed by atoms with Crippen LogP contribution in [0.2, 0.25) is 0 Å². The third-order valence-corrected chi connectivity index (χ3v) is 4.22. The Morgan fingerprint density at radius 1 is 0.929 bits per heavy atom. The van der Waals surface area contributed by atoms with E-state index >= 15 is 0 Å². The smallest absolute Gasteiger partial charge is 0.275 e. The molecule has 4 aromatic rings. The minimum Gasteiger partial charge on any atom is -0.439 e. The molecule has 2 heterocycles. The number of ether oxygens (including phenoxy) is 1. The second-order valence-electron chi connectivity index (χ2n) is 6.45. The van der Waals surface area contributed by atoms with Crippen molar-refractivity contribution in [2.45, 2.75) is 13.8 Å². The number of amides is 1. The van der Waals surface area contributed by atoms with Gasteiger partial charge in [0.1, 0.15) is 11.4 Å². The average molecular weight is 370 g/mol. The van der Waals surface area contributed by atoms with Gasteiger partial charge in [0.2, 0.25) is 5.88 Å². The highest BCUT2D eigenvalue weighted by Crippen LogP contribution is 2.25. The summed E-state index contributed by atoms with van der Waals surface area (Å²) in [5.74, 6) is 0.861. The highest BCUT2D eigenvalue weighted by Gasteiger charge is 2.10. The average Bonchev–Trinajstić information content (AvgIpc) is 2.71. The Hall–Kier alpha value is -3.80. The minimum absolute atomic E-state index is 0.245. The monoisotopic (exact) mass is 370 g/mol. The number of carbonyl (C=O) groups is 1. The lowest BCUT2D eigenvalue weighted by molar-refractivity contribution is 0.102. The molecule has 28 heavy (non-hydrogen) atoms. The maximum absolute atomic E-state index is 12.4. The van der Waals surface area contributed by atoms with Crippen LogP contribution in [0.1, 0.15) is 21.6 Å². The Balaban J connectivity index is 1.46. The Morgan fingerprint density at radius 3 is 2.50 bits per heavy atom. The molecule has 0 unspecified atom stereocenters. The van der Waals surface area contributed by atoms with E-state index in [1.54, 1.807) is 18.3 Å². The fourth-order valence-electron chi connectivity index (χ4n) is 2.80. The quantitative estimate of drug-likeness (QED) is 0.564. The van der Waals surface area contributed by atoms with Crippen LogP contribution in [0.5, 0.6) is 11.6 Å². The fourth-order valence-corrected chi connectivity index (χ4v) is 2.80. The molecule has 6 heteroatoms. The van der Waals surface area contributed by atoms with E-state index in [-0.39, 0.29) is 11.6 Å². The highest BCUT2D eigenvalue weighted by molar-refractivity contribution is 6.03. The van der Waals surface area contributed by atoms with Crippen LogP contribution in [-0.4, -0.2) is 20.9 Å². The van der Waals surface area contributed by atoms with Crippen molar-refractivity contribution >= 4 is 22.6 Å². The number of aromatic nitrogens is 3. The zero-order chi connectivity index (χ0) is 19.5. The molecule has 0 spiro atoms. The lowest BCUT2D eigenvalue weighted by Gasteiger charge is -2.09. The van der Waals surface area contributed by atoms with Crippen LogP contribution in [0.3, 0.4) is 0 Å². The van der Waals surface area contributed by atoms with Gasteiger partial charge in [-0.1, -0.05) is 29.8 Å². The summed E-state index contributed by atoms with van der Waals surface area (Å²) in [4.78, 5) is 25.3. The maximum atomic E-state index is 12.4. The summed E-state index contributed by atoms with van der Waals surface area (Å²) in [7, 11) is 0. The van der Waals surface area contributed by atoms with Gasteiger partial charge in [-0.15, -0.1) is 0 Å². The van der Waals surface area contributed by atoms with Crippen LogP contribution in [0.4, 0.5) is 5.69 Å². The summed E-state index contributed by atoms with van der Waals surface area (Å²) < 4.78 is 5.81. The van der Waals surface area contributed by atoms with Crippen molar-refractivity contribution in [3.8, 4) is 11.6 Å². The van der Waals surface area contributed by atoms with Crippen molar-refractivity contribution in [1.29, 1.82) is 0 Å². The largest absolute Gasteiger partial charge is 0.439 e. The van der Waals surface area contributed by atoms with Crippen molar-refractivity contribution < 1.29 is 9.53 Å². The number of hydrogen-bond donors (Lipinski definition) is 1. The van der Waals surface area contributed by atoms with Gasteiger partial charge in [0.15, 0.2) is 0 Å². The number of aryl methyl sites for hydroxylation is 2. The molecule has 0 bridgehead atoms. The van der Waals surface area contributed by atoms with E-state index in [2.05, 4.69) is 26.3 Å². The van der Waals surface area contributed by atoms with Crippen LogP contribution >= 0.6 is 0 Å². The molecule has 0 fully saturated rings. The molecule has 2 aromatic carbocycles. The molecule has 0 aliphatic carbocycles. The second kappa shape index (κ2) is 7.44. The number of pyridine rings is 1. The van der Waals surface area contributed by atoms with Gasteiger partial charge in [0.05, 0.1) is 29.1 Å². The molecule has 138 valence electrons. The van der Waals surface area contributed by atoms with Crippen LogP contribution in [0, 0.1) is 13.8 Å². The molecule has 2 aromatic heterocycles. The van der Waals surface area contributed by atoms with Crippen molar-refractivity contribution in [1.82, 2.24) is 15.0 Å². The number of rotatable bonds is 4. The molecule has 1 amide bonds. The summed E-state index contributed by atoms with van der Waals surface area (Å²) in [6, 6.07) is 16.8. The zero-order valence-electron chi connectivity index (χ0n) is 15.5. The molecular formula is C22H18N4O2. The topological polar surface area (TPSA) is 77.0 Å². The van der Waals surface area contributed by atoms with Gasteiger partial charge < -0.3 is 10.1 Å². The van der Waals surface area contributed by atoms with Crippen LogP contribution in [0.25, 0.3) is 11.0 Å². The van der Waals surface area contributed by atoms with Crippen LogP contribution in [-0.2, 0) is 0 Å². The molecule has 4 rings (SSSR count). The fraction of sp³-hybridized carbons (Fsp3) is 0.0909. The third-order valence-electron chi connectivity index (χ3n) is 4.22. The van der Waals surface area contributed by atoms with E-state index in [1.165, 1.54) is 11.8 Å². The van der Waals surface area contributed by atoms with Crippen molar-refractivity contribution in [2.24, 2.45) is 0 Å². The van der Waals surface area contributed by atoms with Crippen molar-refractivity contribution in [3.05, 3.63) is 83.8 Å². The molecule has 0 saturated carbocycles. The first-order valence-electron chi connectivity index (χ1n) is 8.83. The molecule has 1 N–H and O–H groups in total. The molecular weight excluding hydrogens is 352 g/mol. The number of nitrogens with zero attached hydrogens (tertiary/aromatic N) is 3. The SMILES string of the molecule is Cc1ccc(Oc2ccc(NC(=O)c3cnc4ccccc4n3)cn2)c(C)c1. The number of fused-ring (bicyclic) bond motifs is 1. The molecule has 0 atom stereocenters. The van der Waals surface area contributed by atoms with E-state index in [0.717, 1.165) is 16.8 Å². The Labute approximate surface area is 162 Å². The number of benzene rings is 2. The number of anilines is 1. The van der Waals surface area contributed by atoms with E-state index < -0.39 is 0 Å². The van der Waals surface area contributed by atoms with Gasteiger partial charge in [-0.3, -0.25) is 9.78 Å². The van der Waals surface area contributed by atoms with Crippen molar-refractivity contribution in [2.75, 3.05) is 5.32 Å². The first kappa shape index (κ1) is 17.6. The van der Waals surface area contributed by atoms with Gasteiger partial charge >= 0.3 is 0 Å². The van der Waals surface area contributed by atoms with E-state index in [1.807, 2.05) is 50.2 Å². The number of carbonyl (C=O) groups excluding carboxylic acids is 1. The van der Waals surface area contributed by atoms with E-state index in [4.69, 9.17) is 4.74 Å². The minimum atomic E-state index is -0.344. The highest BCUT2D eigenvalue weighted by atomic mass is 16.5. The lowest BCUT2D eigenvalue weighted by Crippen LogP contribution is -2.14. The molecule has 0 radical (unpaired) electrons. The maximum Gasteiger partial charge on any atom is 0.275 e. The Bertz CT molecular complexity index is 1160. The van der Waals surface area contributed by atoms with Crippen molar-refractivity contribution in [3.63, 3.8) is 0 Å². The molecule has 6 nitrogen and oxygen atoms in total. The summed E-state index contributed by atoms with van der Waals surface area (Å²) in [5.41, 5.74) is 4.42. The van der Waals surface area contributed by atoms with Gasteiger partial charge in [0, 0.05) is 6.07 Å². The van der Waals surface area contributed by atoms with Crippen LogP contribution in [0.15, 0.2) is 67.0 Å². The summed E-state index contributed by atoms with van der Waals surface area (Å²) in [6.07, 6.45) is 3.01. The predicted molar refractivity (Wildman–Crippen MR) is 108 cm³/mol. The zero-order valence-corrected chi connectivity index (χ0v) is 15.5. The van der Waals surface area contributed by atoms with E-state index in [9.17, 15) is 4.79 Å². The third kappa shape index (κ3) is 3.81. The molecule has 0 saturated heterocycles. The Morgan fingerprint density at radius 2 is 1.75 bits per heavy atom. The molecule has 0 aliphatic heterocycles. The summed E-state index contributed by atoms with van der Waals surface area (Å²) in [6.45, 7) is 4.02. The van der Waals surface area contributed by atoms with E-state index in [0.29, 0.717) is 17.1 Å². The molecule has 0 aliphatic rings.